The van der Waals surface area contributed by atoms with Gasteiger partial charge < -0.3 is 14.6 Å². The summed E-state index contributed by atoms with van der Waals surface area (Å²) in [5.41, 5.74) is 4.37. The first-order valence-corrected chi connectivity index (χ1v) is 11.4. The molecule has 1 aliphatic carbocycles. The lowest BCUT2D eigenvalue weighted by Crippen LogP contribution is -2.44. The number of carbonyl (C=O) groups is 1. The van der Waals surface area contributed by atoms with E-state index < -0.39 is 0 Å². The predicted octanol–water partition coefficient (Wildman–Crippen LogP) is 4.56. The van der Waals surface area contributed by atoms with Crippen molar-refractivity contribution in [2.24, 2.45) is 5.92 Å². The lowest BCUT2D eigenvalue weighted by atomic mass is 9.87. The highest BCUT2D eigenvalue weighted by Gasteiger charge is 2.31. The molecule has 1 amide bonds. The molecule has 2 aromatic heterocycles. The van der Waals surface area contributed by atoms with Gasteiger partial charge in [0.05, 0.1) is 17.3 Å². The van der Waals surface area contributed by atoms with Crippen molar-refractivity contribution in [3.8, 4) is 0 Å². The van der Waals surface area contributed by atoms with Gasteiger partial charge in [0.2, 0.25) is 11.6 Å². The Hall–Kier alpha value is -2.89. The summed E-state index contributed by atoms with van der Waals surface area (Å²) < 4.78 is 5.86. The summed E-state index contributed by atoms with van der Waals surface area (Å²) >= 11 is 0. The van der Waals surface area contributed by atoms with Gasteiger partial charge >= 0.3 is 0 Å². The van der Waals surface area contributed by atoms with Gasteiger partial charge in [-0.2, -0.15) is 4.98 Å². The summed E-state index contributed by atoms with van der Waals surface area (Å²) in [6.07, 6.45) is 5.12. The zero-order valence-corrected chi connectivity index (χ0v) is 18.6. The third kappa shape index (κ3) is 3.68. The number of rotatable bonds is 3. The lowest BCUT2D eigenvalue weighted by Gasteiger charge is -2.35. The molecule has 0 spiro atoms. The Kier molecular flexibility index (Phi) is 5.16. The van der Waals surface area contributed by atoms with E-state index in [-0.39, 0.29) is 17.9 Å². The Morgan fingerprint density at radius 2 is 1.97 bits per heavy atom. The minimum atomic E-state index is -0.0403. The molecule has 0 bridgehead atoms. The van der Waals surface area contributed by atoms with Gasteiger partial charge in [0.1, 0.15) is 17.4 Å². The quantitative estimate of drug-likeness (QED) is 0.675. The highest BCUT2D eigenvalue weighted by Crippen LogP contribution is 2.34. The van der Waals surface area contributed by atoms with Crippen LogP contribution in [0.2, 0.25) is 0 Å². The summed E-state index contributed by atoms with van der Waals surface area (Å²) in [4.78, 5) is 24.8. The van der Waals surface area contributed by atoms with E-state index in [2.05, 4.69) is 46.4 Å². The number of nitrogens with one attached hydrogen (secondary N) is 1. The van der Waals surface area contributed by atoms with Crippen LogP contribution in [0.1, 0.15) is 60.0 Å². The van der Waals surface area contributed by atoms with Crippen LogP contribution in [0.4, 0.5) is 5.82 Å². The number of nitrogens with zero attached hydrogens (tertiary/aromatic N) is 3. The fourth-order valence-electron chi connectivity index (χ4n) is 5.14. The SMILES string of the molecule is Cc1nc(N2CCC[C@@H](C(=O)N[C@@H]3CCCc4ccccc43)C2)c2c(C)c(C)oc2n1. The molecule has 2 atom stereocenters. The molecule has 0 unspecified atom stereocenters. The van der Waals surface area contributed by atoms with Crippen molar-refractivity contribution in [1.29, 1.82) is 0 Å². The van der Waals surface area contributed by atoms with Crippen LogP contribution in [0, 0.1) is 26.7 Å². The van der Waals surface area contributed by atoms with Crippen molar-refractivity contribution >= 4 is 22.8 Å². The van der Waals surface area contributed by atoms with Crippen LogP contribution in [0.5, 0.6) is 0 Å². The van der Waals surface area contributed by atoms with E-state index in [4.69, 9.17) is 9.40 Å². The van der Waals surface area contributed by atoms with Gasteiger partial charge in [0.15, 0.2) is 0 Å². The van der Waals surface area contributed by atoms with Crippen molar-refractivity contribution in [1.82, 2.24) is 15.3 Å². The number of benzene rings is 1. The molecule has 162 valence electrons. The maximum atomic E-state index is 13.3. The number of aromatic nitrogens is 2. The topological polar surface area (TPSA) is 71.3 Å². The van der Waals surface area contributed by atoms with E-state index in [1.165, 1.54) is 11.1 Å². The number of amides is 1. The zero-order chi connectivity index (χ0) is 21.5. The normalized spacial score (nSPS) is 21.2. The summed E-state index contributed by atoms with van der Waals surface area (Å²) in [6.45, 7) is 7.48. The Labute approximate surface area is 183 Å². The first-order valence-electron chi connectivity index (χ1n) is 11.4. The second kappa shape index (κ2) is 7.98. The molecule has 5 rings (SSSR count). The maximum Gasteiger partial charge on any atom is 0.231 e. The standard InChI is InChI=1S/C25H30N4O2/c1-15-16(2)31-25-22(15)23(26-17(3)27-25)29-13-7-10-19(14-29)24(30)28-21-12-6-9-18-8-4-5-11-20(18)21/h4-5,8,11,19,21H,6-7,9-10,12-14H2,1-3H3,(H,28,30)/t19-,21-/m1/s1. The molecular formula is C25H30N4O2. The summed E-state index contributed by atoms with van der Waals surface area (Å²) in [7, 11) is 0. The van der Waals surface area contributed by atoms with Gasteiger partial charge in [0.25, 0.3) is 0 Å². The Morgan fingerprint density at radius 3 is 2.84 bits per heavy atom. The smallest absolute Gasteiger partial charge is 0.231 e. The Bertz CT molecular complexity index is 1140. The molecule has 1 saturated heterocycles. The number of piperidine rings is 1. The van der Waals surface area contributed by atoms with Crippen LogP contribution in [0.25, 0.3) is 11.1 Å². The van der Waals surface area contributed by atoms with Crippen LogP contribution in [-0.2, 0) is 11.2 Å². The summed E-state index contributed by atoms with van der Waals surface area (Å²) in [5, 5.41) is 4.34. The van der Waals surface area contributed by atoms with E-state index in [1.54, 1.807) is 0 Å². The van der Waals surface area contributed by atoms with E-state index in [1.807, 2.05) is 13.8 Å². The van der Waals surface area contributed by atoms with Crippen LogP contribution in [0.15, 0.2) is 28.7 Å². The van der Waals surface area contributed by atoms with Crippen LogP contribution in [-0.4, -0.2) is 29.0 Å². The molecule has 6 nitrogen and oxygen atoms in total. The number of hydrogen-bond donors (Lipinski definition) is 1. The fourth-order valence-corrected chi connectivity index (χ4v) is 5.14. The molecule has 3 aromatic rings. The largest absolute Gasteiger partial charge is 0.443 e. The fraction of sp³-hybridized carbons (Fsp3) is 0.480. The molecular weight excluding hydrogens is 388 g/mol. The number of fused-ring (bicyclic) bond motifs is 2. The molecule has 1 fully saturated rings. The minimum Gasteiger partial charge on any atom is -0.443 e. The maximum absolute atomic E-state index is 13.3. The number of carbonyl (C=O) groups excluding carboxylic acids is 1. The van der Waals surface area contributed by atoms with Gasteiger partial charge in [-0.3, -0.25) is 4.79 Å². The summed E-state index contributed by atoms with van der Waals surface area (Å²) in [6, 6.07) is 8.64. The minimum absolute atomic E-state index is 0.0403. The Morgan fingerprint density at radius 1 is 1.13 bits per heavy atom. The molecule has 2 aliphatic rings. The monoisotopic (exact) mass is 418 g/mol. The average molecular weight is 419 g/mol. The van der Waals surface area contributed by atoms with Gasteiger partial charge in [0, 0.05) is 18.7 Å². The van der Waals surface area contributed by atoms with E-state index in [0.29, 0.717) is 18.1 Å². The first-order chi connectivity index (χ1) is 15.0. The molecule has 0 radical (unpaired) electrons. The number of furan rings is 1. The van der Waals surface area contributed by atoms with E-state index in [9.17, 15) is 4.79 Å². The first kappa shape index (κ1) is 20.0. The number of hydrogen-bond acceptors (Lipinski definition) is 5. The molecule has 1 aliphatic heterocycles. The predicted molar refractivity (Wildman–Crippen MR) is 121 cm³/mol. The molecule has 0 saturated carbocycles. The number of aryl methyl sites for hydroxylation is 4. The average Bonchev–Trinajstić information content (AvgIpc) is 3.06. The van der Waals surface area contributed by atoms with Crippen molar-refractivity contribution in [2.45, 2.75) is 58.9 Å². The number of anilines is 1. The third-order valence-electron chi connectivity index (χ3n) is 6.90. The second-order valence-corrected chi connectivity index (χ2v) is 9.00. The van der Waals surface area contributed by atoms with E-state index >= 15 is 0 Å². The van der Waals surface area contributed by atoms with Gasteiger partial charge in [-0.15, -0.1) is 0 Å². The van der Waals surface area contributed by atoms with Gasteiger partial charge in [-0.25, -0.2) is 4.98 Å². The van der Waals surface area contributed by atoms with Crippen LogP contribution in [0.3, 0.4) is 0 Å². The highest BCUT2D eigenvalue weighted by molar-refractivity contribution is 5.91. The van der Waals surface area contributed by atoms with Crippen molar-refractivity contribution < 1.29 is 9.21 Å². The zero-order valence-electron chi connectivity index (χ0n) is 18.6. The van der Waals surface area contributed by atoms with Gasteiger partial charge in [-0.1, -0.05) is 24.3 Å². The molecule has 3 heterocycles. The van der Waals surface area contributed by atoms with Crippen LogP contribution >= 0.6 is 0 Å². The Balaban J connectivity index is 1.37. The highest BCUT2D eigenvalue weighted by atomic mass is 16.3. The van der Waals surface area contributed by atoms with Crippen molar-refractivity contribution in [3.63, 3.8) is 0 Å². The third-order valence-corrected chi connectivity index (χ3v) is 6.90. The molecule has 6 heteroatoms. The van der Waals surface area contributed by atoms with Crippen LogP contribution < -0.4 is 10.2 Å². The van der Waals surface area contributed by atoms with Crippen molar-refractivity contribution in [3.05, 3.63) is 52.5 Å². The lowest BCUT2D eigenvalue weighted by molar-refractivity contribution is -0.126. The van der Waals surface area contributed by atoms with Gasteiger partial charge in [-0.05, 0) is 64.0 Å². The second-order valence-electron chi connectivity index (χ2n) is 9.00. The van der Waals surface area contributed by atoms with Crippen molar-refractivity contribution in [2.75, 3.05) is 18.0 Å². The molecule has 31 heavy (non-hydrogen) atoms. The van der Waals surface area contributed by atoms with E-state index in [0.717, 1.165) is 61.2 Å². The summed E-state index contributed by atoms with van der Waals surface area (Å²) in [5.74, 6) is 2.59. The molecule has 1 N–H and O–H groups in total. The molecule has 1 aromatic carbocycles.